The number of ether oxygens (including phenoxy) is 2. The maximum Gasteiger partial charge on any atom is 0.162 e. The highest BCUT2D eigenvalue weighted by Gasteiger charge is 2.13. The van der Waals surface area contributed by atoms with Crippen LogP contribution in [0.25, 0.3) is 11.0 Å². The maximum absolute atomic E-state index is 6.25. The molecule has 0 atom stereocenters. The smallest absolute Gasteiger partial charge is 0.162 e. The highest BCUT2D eigenvalue weighted by molar-refractivity contribution is 9.10. The predicted molar refractivity (Wildman–Crippen MR) is 138 cm³/mol. The number of nitrogens with one attached hydrogen (secondary N) is 2. The molecular formula is C25H24BrCl2N3O2. The third-order valence-corrected chi connectivity index (χ3v) is 6.73. The van der Waals surface area contributed by atoms with Gasteiger partial charge in [0.25, 0.3) is 0 Å². The molecule has 5 nitrogen and oxygen atoms in total. The van der Waals surface area contributed by atoms with Crippen molar-refractivity contribution in [3.63, 3.8) is 0 Å². The number of rotatable bonds is 10. The van der Waals surface area contributed by atoms with Gasteiger partial charge in [-0.3, -0.25) is 0 Å². The van der Waals surface area contributed by atoms with Crippen LogP contribution in [0.3, 0.4) is 0 Å². The number of imidazole rings is 1. The van der Waals surface area contributed by atoms with Gasteiger partial charge in [0.15, 0.2) is 11.5 Å². The van der Waals surface area contributed by atoms with Crippen LogP contribution >= 0.6 is 39.1 Å². The molecule has 0 radical (unpaired) electrons. The Balaban J connectivity index is 1.31. The Kier molecular flexibility index (Phi) is 8.15. The Hall–Kier alpha value is -2.25. The molecule has 1 heterocycles. The van der Waals surface area contributed by atoms with Crippen LogP contribution < -0.4 is 14.8 Å². The first-order valence-corrected chi connectivity index (χ1v) is 12.2. The third kappa shape index (κ3) is 6.01. The number of hydrogen-bond acceptors (Lipinski definition) is 4. The number of H-pyrrole nitrogens is 1. The van der Waals surface area contributed by atoms with E-state index in [2.05, 4.69) is 31.2 Å². The van der Waals surface area contributed by atoms with Gasteiger partial charge in [-0.25, -0.2) is 4.98 Å². The average molecular weight is 549 g/mol. The summed E-state index contributed by atoms with van der Waals surface area (Å²) in [4.78, 5) is 8.00. The van der Waals surface area contributed by atoms with Crippen molar-refractivity contribution in [1.82, 2.24) is 15.3 Å². The summed E-state index contributed by atoms with van der Waals surface area (Å²) in [6.07, 6.45) is 1.87. The van der Waals surface area contributed by atoms with Crippen LogP contribution in [0.1, 0.15) is 23.4 Å². The van der Waals surface area contributed by atoms with E-state index in [1.165, 1.54) is 0 Å². The first-order chi connectivity index (χ1) is 16.0. The van der Waals surface area contributed by atoms with Crippen molar-refractivity contribution in [2.24, 2.45) is 0 Å². The Labute approximate surface area is 211 Å². The number of fused-ring (bicyclic) bond motifs is 1. The van der Waals surface area contributed by atoms with Gasteiger partial charge in [0.2, 0.25) is 0 Å². The van der Waals surface area contributed by atoms with Gasteiger partial charge in [-0.05, 0) is 54.9 Å². The summed E-state index contributed by atoms with van der Waals surface area (Å²) in [5, 5.41) is 4.63. The number of aromatic amines is 1. The highest BCUT2D eigenvalue weighted by atomic mass is 79.9. The molecule has 0 aliphatic rings. The quantitative estimate of drug-likeness (QED) is 0.211. The number of nitrogens with zero attached hydrogens (tertiary/aromatic N) is 1. The Morgan fingerprint density at radius 2 is 1.82 bits per heavy atom. The summed E-state index contributed by atoms with van der Waals surface area (Å²) in [5.74, 6) is 2.29. The van der Waals surface area contributed by atoms with E-state index in [4.69, 9.17) is 32.7 Å². The molecule has 8 heteroatoms. The van der Waals surface area contributed by atoms with E-state index in [0.29, 0.717) is 28.1 Å². The fourth-order valence-corrected chi connectivity index (χ4v) is 4.50. The van der Waals surface area contributed by atoms with Gasteiger partial charge in [-0.2, -0.15) is 0 Å². The summed E-state index contributed by atoms with van der Waals surface area (Å²) >= 11 is 16.1. The number of benzene rings is 3. The van der Waals surface area contributed by atoms with Crippen LogP contribution in [-0.2, 0) is 19.6 Å². The van der Waals surface area contributed by atoms with Gasteiger partial charge < -0.3 is 19.8 Å². The van der Waals surface area contributed by atoms with Crippen molar-refractivity contribution >= 4 is 50.2 Å². The lowest BCUT2D eigenvalue weighted by atomic mass is 10.2. The summed E-state index contributed by atoms with van der Waals surface area (Å²) in [6.45, 7) is 1.82. The minimum atomic E-state index is 0.251. The summed E-state index contributed by atoms with van der Waals surface area (Å²) in [6, 6.07) is 17.4. The molecule has 0 spiro atoms. The lowest BCUT2D eigenvalue weighted by Gasteiger charge is -2.15. The highest BCUT2D eigenvalue weighted by Crippen LogP contribution is 2.35. The van der Waals surface area contributed by atoms with Crippen LogP contribution in [0.2, 0.25) is 10.0 Å². The molecule has 0 aliphatic heterocycles. The number of halogens is 3. The SMILES string of the molecule is COc1cc(CNCCCc2nc3ccccc3[nH]2)c(Br)cc1OCc1c(Cl)cccc1Cl. The van der Waals surface area contributed by atoms with Crippen LogP contribution in [0.4, 0.5) is 0 Å². The van der Waals surface area contributed by atoms with Crippen LogP contribution in [0.15, 0.2) is 59.1 Å². The minimum absolute atomic E-state index is 0.251. The maximum atomic E-state index is 6.25. The Morgan fingerprint density at radius 1 is 1.03 bits per heavy atom. The van der Waals surface area contributed by atoms with E-state index in [0.717, 1.165) is 51.8 Å². The summed E-state index contributed by atoms with van der Waals surface area (Å²) in [7, 11) is 1.63. The lowest BCUT2D eigenvalue weighted by Crippen LogP contribution is -2.16. The lowest BCUT2D eigenvalue weighted by molar-refractivity contribution is 0.284. The topological polar surface area (TPSA) is 59.2 Å². The second-order valence-electron chi connectivity index (χ2n) is 7.56. The number of aromatic nitrogens is 2. The molecular weight excluding hydrogens is 525 g/mol. The molecule has 172 valence electrons. The normalized spacial score (nSPS) is 11.2. The van der Waals surface area contributed by atoms with E-state index in [9.17, 15) is 0 Å². The van der Waals surface area contributed by atoms with Crippen LogP contribution in [-0.4, -0.2) is 23.6 Å². The number of hydrogen-bond donors (Lipinski definition) is 2. The molecule has 0 aliphatic carbocycles. The van der Waals surface area contributed by atoms with Gasteiger partial charge in [-0.1, -0.05) is 57.3 Å². The second kappa shape index (κ2) is 11.3. The average Bonchev–Trinajstić information content (AvgIpc) is 3.22. The van der Waals surface area contributed by atoms with Gasteiger partial charge >= 0.3 is 0 Å². The monoisotopic (exact) mass is 547 g/mol. The van der Waals surface area contributed by atoms with Gasteiger partial charge in [-0.15, -0.1) is 0 Å². The number of aryl methyl sites for hydroxylation is 1. The van der Waals surface area contributed by atoms with E-state index >= 15 is 0 Å². The minimum Gasteiger partial charge on any atom is -0.493 e. The van der Waals surface area contributed by atoms with E-state index in [1.807, 2.05) is 42.5 Å². The molecule has 1 aromatic heterocycles. The molecule has 4 aromatic rings. The first kappa shape index (κ1) is 23.9. The molecule has 0 amide bonds. The Morgan fingerprint density at radius 3 is 2.58 bits per heavy atom. The molecule has 0 saturated carbocycles. The van der Waals surface area contributed by atoms with Crippen molar-refractivity contribution in [2.75, 3.05) is 13.7 Å². The van der Waals surface area contributed by atoms with Crippen LogP contribution in [0, 0.1) is 0 Å². The second-order valence-corrected chi connectivity index (χ2v) is 9.23. The molecule has 0 bridgehead atoms. The number of methoxy groups -OCH3 is 1. The fourth-order valence-electron chi connectivity index (χ4n) is 3.53. The zero-order valence-corrected chi connectivity index (χ0v) is 21.2. The number of para-hydroxylation sites is 2. The molecule has 0 fully saturated rings. The zero-order chi connectivity index (χ0) is 23.2. The largest absolute Gasteiger partial charge is 0.493 e. The van der Waals surface area contributed by atoms with E-state index < -0.39 is 0 Å². The molecule has 3 aromatic carbocycles. The molecule has 33 heavy (non-hydrogen) atoms. The van der Waals surface area contributed by atoms with Crippen molar-refractivity contribution in [2.45, 2.75) is 26.0 Å². The van der Waals surface area contributed by atoms with Crippen molar-refractivity contribution in [3.8, 4) is 11.5 Å². The van der Waals surface area contributed by atoms with Gasteiger partial charge in [0, 0.05) is 33.0 Å². The van der Waals surface area contributed by atoms with Gasteiger partial charge in [0.1, 0.15) is 12.4 Å². The Bertz CT molecular complexity index is 1190. The van der Waals surface area contributed by atoms with E-state index in [1.54, 1.807) is 19.2 Å². The molecule has 2 N–H and O–H groups in total. The summed E-state index contributed by atoms with van der Waals surface area (Å²) < 4.78 is 12.5. The first-order valence-electron chi connectivity index (χ1n) is 10.6. The van der Waals surface area contributed by atoms with E-state index in [-0.39, 0.29) is 6.61 Å². The molecule has 0 unspecified atom stereocenters. The summed E-state index contributed by atoms with van der Waals surface area (Å²) in [5.41, 5.74) is 3.92. The van der Waals surface area contributed by atoms with Crippen LogP contribution in [0.5, 0.6) is 11.5 Å². The molecule has 0 saturated heterocycles. The van der Waals surface area contributed by atoms with Crippen molar-refractivity contribution < 1.29 is 9.47 Å². The molecule has 4 rings (SSSR count). The van der Waals surface area contributed by atoms with Gasteiger partial charge in [0.05, 0.1) is 18.1 Å². The zero-order valence-electron chi connectivity index (χ0n) is 18.1. The third-order valence-electron chi connectivity index (χ3n) is 5.29. The van der Waals surface area contributed by atoms with Crippen molar-refractivity contribution in [3.05, 3.63) is 86.1 Å². The predicted octanol–water partition coefficient (Wildman–Crippen LogP) is 6.94. The van der Waals surface area contributed by atoms with Crippen molar-refractivity contribution in [1.29, 1.82) is 0 Å². The standard InChI is InChI=1S/C25H24BrCl2N3O2/c1-32-23-12-16(14-29-11-5-10-25-30-21-8-2-3-9-22(21)31-25)18(26)13-24(23)33-15-17-19(27)6-4-7-20(17)28/h2-4,6-9,12-13,29H,5,10-11,14-15H2,1H3,(H,30,31). The fraction of sp³-hybridized carbons (Fsp3) is 0.240.